The maximum atomic E-state index is 12.0. The molecule has 1 amide bonds. The van der Waals surface area contributed by atoms with Crippen LogP contribution < -0.4 is 10.2 Å². The number of aromatic nitrogens is 1. The predicted molar refractivity (Wildman–Crippen MR) is 123 cm³/mol. The molecule has 0 aromatic carbocycles. The average Bonchev–Trinajstić information content (AvgIpc) is 3.29. The van der Waals surface area contributed by atoms with Crippen molar-refractivity contribution in [2.45, 2.75) is 51.0 Å². The highest BCUT2D eigenvalue weighted by atomic mass is 16.2. The van der Waals surface area contributed by atoms with Crippen molar-refractivity contribution < 1.29 is 4.79 Å². The van der Waals surface area contributed by atoms with E-state index in [1.54, 1.807) is 19.0 Å². The number of guanidine groups is 1. The van der Waals surface area contributed by atoms with E-state index in [1.165, 1.54) is 44.2 Å². The summed E-state index contributed by atoms with van der Waals surface area (Å²) in [6.45, 7) is 3.39. The molecular weight excluding hydrogens is 376 g/mol. The van der Waals surface area contributed by atoms with Gasteiger partial charge in [-0.2, -0.15) is 0 Å². The molecule has 1 aromatic heterocycles. The molecule has 7 heteroatoms. The number of carbonyl (C=O) groups excluding carboxylic acids is 1. The van der Waals surface area contributed by atoms with Crippen LogP contribution in [0.25, 0.3) is 0 Å². The van der Waals surface area contributed by atoms with Gasteiger partial charge in [-0.1, -0.05) is 12.8 Å². The lowest BCUT2D eigenvalue weighted by Gasteiger charge is -2.34. The van der Waals surface area contributed by atoms with Crippen molar-refractivity contribution in [1.82, 2.24) is 20.1 Å². The van der Waals surface area contributed by atoms with E-state index in [2.05, 4.69) is 44.3 Å². The zero-order chi connectivity index (χ0) is 21.3. The second kappa shape index (κ2) is 11.2. The van der Waals surface area contributed by atoms with E-state index < -0.39 is 0 Å². The monoisotopic (exact) mass is 414 g/mol. The molecule has 1 aliphatic carbocycles. The third-order valence-corrected chi connectivity index (χ3v) is 6.43. The fourth-order valence-corrected chi connectivity index (χ4v) is 4.33. The highest BCUT2D eigenvalue weighted by Crippen LogP contribution is 2.25. The average molecular weight is 415 g/mol. The third kappa shape index (κ3) is 6.61. The Labute approximate surface area is 181 Å². The molecule has 166 valence electrons. The van der Waals surface area contributed by atoms with Gasteiger partial charge in [-0.3, -0.25) is 9.78 Å². The van der Waals surface area contributed by atoms with Gasteiger partial charge in [0.25, 0.3) is 0 Å². The van der Waals surface area contributed by atoms with Gasteiger partial charge in [0.1, 0.15) is 6.54 Å². The minimum absolute atomic E-state index is 0.0394. The number of rotatable bonds is 7. The van der Waals surface area contributed by atoms with Crippen molar-refractivity contribution in [3.05, 3.63) is 24.5 Å². The summed E-state index contributed by atoms with van der Waals surface area (Å²) in [6, 6.07) is 4.69. The van der Waals surface area contributed by atoms with Crippen LogP contribution in [0, 0.1) is 5.92 Å². The number of likely N-dealkylation sites (N-methyl/N-ethyl adjacent to an activating group) is 1. The Morgan fingerprint density at radius 1 is 1.13 bits per heavy atom. The predicted octanol–water partition coefficient (Wildman–Crippen LogP) is 2.60. The largest absolute Gasteiger partial charge is 0.371 e. The number of pyridine rings is 1. The zero-order valence-corrected chi connectivity index (χ0v) is 18.9. The van der Waals surface area contributed by atoms with Crippen LogP contribution in [0.5, 0.6) is 0 Å². The van der Waals surface area contributed by atoms with Crippen molar-refractivity contribution in [2.24, 2.45) is 10.9 Å². The standard InChI is InChI=1S/C23H38N6O/c1-27(2)22(30)18-25-23(26-20-6-4-5-7-20)28(3)15-10-19-11-16-29(17-12-19)21-8-13-24-14-9-21/h8-9,13-14,19-20H,4-7,10-12,15-18H2,1-3H3,(H,25,26). The van der Waals surface area contributed by atoms with Gasteiger partial charge in [-0.15, -0.1) is 0 Å². The summed E-state index contributed by atoms with van der Waals surface area (Å²) in [7, 11) is 5.67. The molecule has 0 atom stereocenters. The summed E-state index contributed by atoms with van der Waals surface area (Å²) >= 11 is 0. The maximum Gasteiger partial charge on any atom is 0.243 e. The molecule has 0 unspecified atom stereocenters. The number of piperidine rings is 1. The molecule has 1 saturated heterocycles. The molecule has 7 nitrogen and oxygen atoms in total. The SMILES string of the molecule is CN(C)C(=O)CN=C(NC1CCCC1)N(C)CCC1CCN(c2ccncc2)CC1. The summed E-state index contributed by atoms with van der Waals surface area (Å²) in [6.07, 6.45) is 12.3. The molecule has 1 N–H and O–H groups in total. The first-order chi connectivity index (χ1) is 14.5. The molecule has 2 aliphatic rings. The molecule has 1 aromatic rings. The molecule has 0 radical (unpaired) electrons. The fourth-order valence-electron chi connectivity index (χ4n) is 4.33. The van der Waals surface area contributed by atoms with Crippen molar-refractivity contribution in [3.63, 3.8) is 0 Å². The Morgan fingerprint density at radius 3 is 2.43 bits per heavy atom. The van der Waals surface area contributed by atoms with Crippen LogP contribution in [0.2, 0.25) is 0 Å². The first-order valence-corrected chi connectivity index (χ1v) is 11.4. The van der Waals surface area contributed by atoms with Crippen LogP contribution in [0.15, 0.2) is 29.5 Å². The Bertz CT molecular complexity index is 678. The first kappa shape index (κ1) is 22.4. The molecule has 1 saturated carbocycles. The molecule has 0 bridgehead atoms. The molecule has 2 fully saturated rings. The van der Waals surface area contributed by atoms with Gasteiger partial charge in [0.15, 0.2) is 5.96 Å². The number of nitrogens with one attached hydrogen (secondary N) is 1. The van der Waals surface area contributed by atoms with Crippen LogP contribution in [-0.2, 0) is 4.79 Å². The molecule has 0 spiro atoms. The summed E-state index contributed by atoms with van der Waals surface area (Å²) < 4.78 is 0. The zero-order valence-electron chi connectivity index (χ0n) is 18.9. The number of aliphatic imine (C=N–C) groups is 1. The lowest BCUT2D eigenvalue weighted by molar-refractivity contribution is -0.127. The number of anilines is 1. The van der Waals surface area contributed by atoms with Crippen molar-refractivity contribution in [1.29, 1.82) is 0 Å². The first-order valence-electron chi connectivity index (χ1n) is 11.4. The number of hydrogen-bond acceptors (Lipinski definition) is 4. The molecule has 30 heavy (non-hydrogen) atoms. The number of amides is 1. The summed E-state index contributed by atoms with van der Waals surface area (Å²) in [4.78, 5) is 27.1. The van der Waals surface area contributed by atoms with Crippen LogP contribution in [-0.4, -0.2) is 80.0 Å². The topological polar surface area (TPSA) is 64.1 Å². The lowest BCUT2D eigenvalue weighted by Crippen LogP contribution is -2.45. The Balaban J connectivity index is 1.49. The van der Waals surface area contributed by atoms with Crippen LogP contribution in [0.3, 0.4) is 0 Å². The summed E-state index contributed by atoms with van der Waals surface area (Å²) in [5, 5.41) is 3.62. The Hall–Kier alpha value is -2.31. The van der Waals surface area contributed by atoms with Crippen molar-refractivity contribution in [2.75, 3.05) is 52.2 Å². The molecular formula is C23H38N6O. The summed E-state index contributed by atoms with van der Waals surface area (Å²) in [5.41, 5.74) is 1.28. The quantitative estimate of drug-likeness (QED) is 0.549. The fraction of sp³-hybridized carbons (Fsp3) is 0.696. The molecule has 2 heterocycles. The van der Waals surface area contributed by atoms with E-state index in [0.29, 0.717) is 6.04 Å². The highest BCUT2D eigenvalue weighted by molar-refractivity contribution is 5.84. The van der Waals surface area contributed by atoms with Crippen molar-refractivity contribution >= 4 is 17.6 Å². The second-order valence-electron chi connectivity index (χ2n) is 8.90. The van der Waals surface area contributed by atoms with Gasteiger partial charge in [-0.05, 0) is 50.2 Å². The van der Waals surface area contributed by atoms with Gasteiger partial charge in [0.2, 0.25) is 5.91 Å². The smallest absolute Gasteiger partial charge is 0.243 e. The number of nitrogens with zero attached hydrogens (tertiary/aromatic N) is 5. The van der Waals surface area contributed by atoms with E-state index in [9.17, 15) is 4.79 Å². The Morgan fingerprint density at radius 2 is 1.80 bits per heavy atom. The van der Waals surface area contributed by atoms with Gasteiger partial charge >= 0.3 is 0 Å². The molecule has 1 aliphatic heterocycles. The highest BCUT2D eigenvalue weighted by Gasteiger charge is 2.22. The van der Waals surface area contributed by atoms with Crippen LogP contribution >= 0.6 is 0 Å². The summed E-state index contributed by atoms with van der Waals surface area (Å²) in [5.74, 6) is 1.66. The lowest BCUT2D eigenvalue weighted by atomic mass is 9.93. The number of hydrogen-bond donors (Lipinski definition) is 1. The third-order valence-electron chi connectivity index (χ3n) is 6.43. The van der Waals surface area contributed by atoms with E-state index in [0.717, 1.165) is 37.9 Å². The molecule has 3 rings (SSSR count). The van der Waals surface area contributed by atoms with Crippen LogP contribution in [0.1, 0.15) is 44.9 Å². The van der Waals surface area contributed by atoms with Gasteiger partial charge < -0.3 is 20.0 Å². The van der Waals surface area contributed by atoms with E-state index in [4.69, 9.17) is 0 Å². The minimum Gasteiger partial charge on any atom is -0.371 e. The Kier molecular flexibility index (Phi) is 8.34. The van der Waals surface area contributed by atoms with E-state index in [-0.39, 0.29) is 12.5 Å². The van der Waals surface area contributed by atoms with E-state index in [1.807, 2.05) is 12.4 Å². The van der Waals surface area contributed by atoms with Crippen LogP contribution in [0.4, 0.5) is 5.69 Å². The maximum absolute atomic E-state index is 12.0. The normalized spacial score (nSPS) is 18.5. The number of carbonyl (C=O) groups is 1. The van der Waals surface area contributed by atoms with Gasteiger partial charge in [0.05, 0.1) is 0 Å². The van der Waals surface area contributed by atoms with Crippen molar-refractivity contribution in [3.8, 4) is 0 Å². The van der Waals surface area contributed by atoms with E-state index >= 15 is 0 Å². The van der Waals surface area contributed by atoms with Gasteiger partial charge in [0, 0.05) is 64.9 Å². The van der Waals surface area contributed by atoms with Gasteiger partial charge in [-0.25, -0.2) is 4.99 Å². The minimum atomic E-state index is 0.0394. The second-order valence-corrected chi connectivity index (χ2v) is 8.90.